The molecule has 0 heterocycles. The Bertz CT molecular complexity index is 427. The molecule has 0 aliphatic carbocycles. The Morgan fingerprint density at radius 3 is 2.74 bits per heavy atom. The van der Waals surface area contributed by atoms with Crippen molar-refractivity contribution >= 4 is 29.1 Å². The van der Waals surface area contributed by atoms with Crippen LogP contribution in [-0.4, -0.2) is 44.7 Å². The van der Waals surface area contributed by atoms with Gasteiger partial charge in [0, 0.05) is 27.2 Å². The lowest BCUT2D eigenvalue weighted by molar-refractivity contribution is -0.129. The second-order valence-electron chi connectivity index (χ2n) is 4.17. The molecule has 0 unspecified atom stereocenters. The number of nitrogens with zero attached hydrogens (tertiary/aromatic N) is 1. The van der Waals surface area contributed by atoms with Crippen LogP contribution in [0.25, 0.3) is 0 Å². The summed E-state index contributed by atoms with van der Waals surface area (Å²) < 4.78 is 4.89. The number of hydrogen-bond acceptors (Lipinski definition) is 3. The van der Waals surface area contributed by atoms with E-state index in [1.54, 1.807) is 31.2 Å². The fourth-order valence-corrected chi connectivity index (χ4v) is 1.83. The van der Waals surface area contributed by atoms with Crippen LogP contribution in [0.3, 0.4) is 0 Å². The van der Waals surface area contributed by atoms with E-state index in [0.29, 0.717) is 36.3 Å². The average molecular weight is 305 g/mol. The summed E-state index contributed by atoms with van der Waals surface area (Å²) in [6.07, 6.45) is 0. The van der Waals surface area contributed by atoms with Crippen LogP contribution >= 0.6 is 23.2 Å². The van der Waals surface area contributed by atoms with E-state index in [1.165, 1.54) is 0 Å². The van der Waals surface area contributed by atoms with Crippen LogP contribution in [-0.2, 0) is 16.1 Å². The molecule has 19 heavy (non-hydrogen) atoms. The first-order chi connectivity index (χ1) is 9.04. The van der Waals surface area contributed by atoms with Crippen molar-refractivity contribution in [1.82, 2.24) is 10.2 Å². The quantitative estimate of drug-likeness (QED) is 0.785. The molecule has 4 nitrogen and oxygen atoms in total. The van der Waals surface area contributed by atoms with Crippen molar-refractivity contribution in [2.45, 2.75) is 6.54 Å². The summed E-state index contributed by atoms with van der Waals surface area (Å²) in [5.74, 6) is 0.0159. The van der Waals surface area contributed by atoms with Crippen molar-refractivity contribution in [3.63, 3.8) is 0 Å². The Kier molecular flexibility index (Phi) is 7.16. The van der Waals surface area contributed by atoms with Gasteiger partial charge >= 0.3 is 0 Å². The van der Waals surface area contributed by atoms with Gasteiger partial charge in [-0.15, -0.1) is 0 Å². The minimum absolute atomic E-state index is 0.0159. The maximum atomic E-state index is 11.8. The number of halogens is 2. The highest BCUT2D eigenvalue weighted by atomic mass is 35.5. The van der Waals surface area contributed by atoms with Gasteiger partial charge in [-0.1, -0.05) is 29.3 Å². The smallest absolute Gasteiger partial charge is 0.236 e. The molecule has 0 saturated carbocycles. The van der Waals surface area contributed by atoms with Gasteiger partial charge < -0.3 is 15.0 Å². The SMILES string of the molecule is COCCNCC(=O)N(C)Cc1ccc(Cl)c(Cl)c1. The number of carbonyl (C=O) groups is 1. The molecule has 0 aliphatic rings. The zero-order chi connectivity index (χ0) is 14.3. The number of ether oxygens (including phenoxy) is 1. The summed E-state index contributed by atoms with van der Waals surface area (Å²) in [4.78, 5) is 13.5. The summed E-state index contributed by atoms with van der Waals surface area (Å²) in [6, 6.07) is 5.36. The summed E-state index contributed by atoms with van der Waals surface area (Å²) in [6.45, 7) is 2.04. The first kappa shape index (κ1) is 16.2. The van der Waals surface area contributed by atoms with E-state index in [2.05, 4.69) is 5.32 Å². The molecule has 1 rings (SSSR count). The summed E-state index contributed by atoms with van der Waals surface area (Å²) >= 11 is 11.8. The van der Waals surface area contributed by atoms with E-state index in [9.17, 15) is 4.79 Å². The third-order valence-corrected chi connectivity index (χ3v) is 3.33. The number of amides is 1. The van der Waals surface area contributed by atoms with Crippen molar-refractivity contribution in [3.8, 4) is 0 Å². The van der Waals surface area contributed by atoms with Crippen LogP contribution in [0.2, 0.25) is 10.0 Å². The van der Waals surface area contributed by atoms with Gasteiger partial charge in [0.05, 0.1) is 23.2 Å². The van der Waals surface area contributed by atoms with Crippen LogP contribution in [0.15, 0.2) is 18.2 Å². The maximum absolute atomic E-state index is 11.8. The van der Waals surface area contributed by atoms with Gasteiger partial charge in [0.25, 0.3) is 0 Å². The fraction of sp³-hybridized carbons (Fsp3) is 0.462. The topological polar surface area (TPSA) is 41.6 Å². The third kappa shape index (κ3) is 5.78. The summed E-state index contributed by atoms with van der Waals surface area (Å²) in [5, 5.41) is 4.02. The second kappa shape index (κ2) is 8.38. The van der Waals surface area contributed by atoms with Gasteiger partial charge in [-0.25, -0.2) is 0 Å². The summed E-state index contributed by atoms with van der Waals surface area (Å²) in [5.41, 5.74) is 0.946. The molecule has 0 radical (unpaired) electrons. The first-order valence-electron chi connectivity index (χ1n) is 5.92. The van der Waals surface area contributed by atoms with Crippen LogP contribution in [0, 0.1) is 0 Å². The lowest BCUT2D eigenvalue weighted by atomic mass is 10.2. The maximum Gasteiger partial charge on any atom is 0.236 e. The number of methoxy groups -OCH3 is 1. The van der Waals surface area contributed by atoms with Crippen LogP contribution in [0.4, 0.5) is 0 Å². The highest BCUT2D eigenvalue weighted by Crippen LogP contribution is 2.23. The second-order valence-corrected chi connectivity index (χ2v) is 4.98. The number of nitrogens with one attached hydrogen (secondary N) is 1. The minimum Gasteiger partial charge on any atom is -0.383 e. The molecule has 0 bridgehead atoms. The zero-order valence-electron chi connectivity index (χ0n) is 11.1. The van der Waals surface area contributed by atoms with E-state index in [4.69, 9.17) is 27.9 Å². The Balaban J connectivity index is 2.42. The van der Waals surface area contributed by atoms with Crippen LogP contribution < -0.4 is 5.32 Å². The van der Waals surface area contributed by atoms with Gasteiger partial charge in [0.2, 0.25) is 5.91 Å². The van der Waals surface area contributed by atoms with Gasteiger partial charge in [0.1, 0.15) is 0 Å². The molecule has 106 valence electrons. The van der Waals surface area contributed by atoms with E-state index >= 15 is 0 Å². The minimum atomic E-state index is 0.0159. The Hall–Kier alpha value is -0.810. The summed E-state index contributed by atoms with van der Waals surface area (Å²) in [7, 11) is 3.38. The number of likely N-dealkylation sites (N-methyl/N-ethyl adjacent to an activating group) is 1. The van der Waals surface area contributed by atoms with Crippen LogP contribution in [0.1, 0.15) is 5.56 Å². The van der Waals surface area contributed by atoms with Crippen LogP contribution in [0.5, 0.6) is 0 Å². The molecule has 0 fully saturated rings. The van der Waals surface area contributed by atoms with Crippen molar-refractivity contribution < 1.29 is 9.53 Å². The van der Waals surface area contributed by atoms with Crippen molar-refractivity contribution in [1.29, 1.82) is 0 Å². The average Bonchev–Trinajstić information content (AvgIpc) is 2.38. The van der Waals surface area contributed by atoms with E-state index < -0.39 is 0 Å². The molecule has 0 aliphatic heterocycles. The van der Waals surface area contributed by atoms with Crippen molar-refractivity contribution in [3.05, 3.63) is 33.8 Å². The van der Waals surface area contributed by atoms with Gasteiger partial charge in [-0.3, -0.25) is 4.79 Å². The Labute approximate surface area is 123 Å². The molecule has 1 amide bonds. The molecular weight excluding hydrogens is 287 g/mol. The van der Waals surface area contributed by atoms with E-state index in [0.717, 1.165) is 5.56 Å². The molecule has 0 saturated heterocycles. The highest BCUT2D eigenvalue weighted by Gasteiger charge is 2.09. The van der Waals surface area contributed by atoms with Gasteiger partial charge in [0.15, 0.2) is 0 Å². The first-order valence-corrected chi connectivity index (χ1v) is 6.67. The standard InChI is InChI=1S/C13H18Cl2N2O2/c1-17(13(18)8-16-5-6-19-2)9-10-3-4-11(14)12(15)7-10/h3-4,7,16H,5-6,8-9H2,1-2H3. The van der Waals surface area contributed by atoms with Gasteiger partial charge in [-0.2, -0.15) is 0 Å². The Morgan fingerprint density at radius 2 is 2.11 bits per heavy atom. The largest absolute Gasteiger partial charge is 0.383 e. The molecule has 1 aromatic carbocycles. The normalized spacial score (nSPS) is 10.5. The molecule has 1 N–H and O–H groups in total. The van der Waals surface area contributed by atoms with Crippen molar-refractivity contribution in [2.24, 2.45) is 0 Å². The third-order valence-electron chi connectivity index (χ3n) is 2.59. The lowest BCUT2D eigenvalue weighted by Crippen LogP contribution is -2.36. The molecule has 6 heteroatoms. The molecule has 0 atom stereocenters. The number of hydrogen-bond donors (Lipinski definition) is 1. The van der Waals surface area contributed by atoms with Gasteiger partial charge in [-0.05, 0) is 17.7 Å². The molecule has 0 spiro atoms. The van der Waals surface area contributed by atoms with E-state index in [1.807, 2.05) is 6.07 Å². The molecule has 0 aromatic heterocycles. The highest BCUT2D eigenvalue weighted by molar-refractivity contribution is 6.42. The lowest BCUT2D eigenvalue weighted by Gasteiger charge is -2.18. The predicted molar refractivity (Wildman–Crippen MR) is 77.7 cm³/mol. The van der Waals surface area contributed by atoms with Crippen molar-refractivity contribution in [2.75, 3.05) is 33.9 Å². The number of carbonyl (C=O) groups excluding carboxylic acids is 1. The predicted octanol–water partition coefficient (Wildman–Crippen LogP) is 2.19. The monoisotopic (exact) mass is 304 g/mol. The zero-order valence-corrected chi connectivity index (χ0v) is 12.6. The van der Waals surface area contributed by atoms with E-state index in [-0.39, 0.29) is 5.91 Å². The molecule has 1 aromatic rings. The molecular formula is C13H18Cl2N2O2. The Morgan fingerprint density at radius 1 is 1.37 bits per heavy atom. The fourth-order valence-electron chi connectivity index (χ4n) is 1.50. The number of benzene rings is 1. The number of rotatable bonds is 7.